The van der Waals surface area contributed by atoms with Gasteiger partial charge in [-0.2, -0.15) is 0 Å². The highest BCUT2D eigenvalue weighted by Crippen LogP contribution is 2.18. The fraction of sp³-hybridized carbons (Fsp3) is 0.533. The third-order valence-corrected chi connectivity index (χ3v) is 5.37. The molecular formula is C15H21ClN2O3S. The third kappa shape index (κ3) is 5.59. The Morgan fingerprint density at radius 2 is 1.86 bits per heavy atom. The first kappa shape index (κ1) is 17.2. The van der Waals surface area contributed by atoms with Crippen LogP contribution in [0.25, 0.3) is 0 Å². The Bertz CT molecular complexity index is 613. The lowest BCUT2D eigenvalue weighted by molar-refractivity contribution is -0.120. The predicted octanol–water partition coefficient (Wildman–Crippen LogP) is 2.21. The molecule has 1 aromatic rings. The second-order valence-corrected chi connectivity index (χ2v) is 7.79. The first-order valence-corrected chi connectivity index (χ1v) is 9.49. The minimum absolute atomic E-state index is 0.175. The average Bonchev–Trinajstić information content (AvgIpc) is 2.49. The maximum absolute atomic E-state index is 12.0. The summed E-state index contributed by atoms with van der Waals surface area (Å²) in [7, 11) is -3.59. The molecule has 0 atom stereocenters. The summed E-state index contributed by atoms with van der Waals surface area (Å²) in [5.74, 6) is -0.516. The Morgan fingerprint density at radius 3 is 2.55 bits per heavy atom. The molecule has 5 nitrogen and oxygen atoms in total. The molecule has 2 rings (SSSR count). The highest BCUT2D eigenvalue weighted by Gasteiger charge is 2.18. The fourth-order valence-electron chi connectivity index (χ4n) is 2.57. The molecule has 0 radical (unpaired) electrons. The molecule has 0 heterocycles. The van der Waals surface area contributed by atoms with Crippen LogP contribution in [-0.4, -0.2) is 26.9 Å². The van der Waals surface area contributed by atoms with Crippen LogP contribution < -0.4 is 10.0 Å². The van der Waals surface area contributed by atoms with Gasteiger partial charge in [0, 0.05) is 11.1 Å². The predicted molar refractivity (Wildman–Crippen MR) is 87.1 cm³/mol. The number of benzene rings is 1. The largest absolute Gasteiger partial charge is 0.352 e. The normalized spacial score (nSPS) is 16.4. The maximum Gasteiger partial charge on any atom is 0.235 e. The van der Waals surface area contributed by atoms with E-state index in [9.17, 15) is 13.2 Å². The molecule has 22 heavy (non-hydrogen) atoms. The minimum Gasteiger partial charge on any atom is -0.352 e. The zero-order valence-corrected chi connectivity index (χ0v) is 13.9. The number of halogens is 1. The standard InChI is InChI=1S/C15H21ClN2O3S/c16-14-9-5-4-6-12(14)11-22(20,21)17-10-15(19)18-13-7-2-1-3-8-13/h4-6,9,13,17H,1-3,7-8,10-11H2,(H,18,19). The van der Waals surface area contributed by atoms with Gasteiger partial charge in [-0.15, -0.1) is 0 Å². The molecule has 0 bridgehead atoms. The van der Waals surface area contributed by atoms with Crippen molar-refractivity contribution in [2.24, 2.45) is 0 Å². The van der Waals surface area contributed by atoms with Gasteiger partial charge in [-0.1, -0.05) is 49.1 Å². The van der Waals surface area contributed by atoms with Crippen molar-refractivity contribution in [1.29, 1.82) is 0 Å². The number of sulfonamides is 1. The fourth-order valence-corrected chi connectivity index (χ4v) is 3.97. The number of hydrogen-bond donors (Lipinski definition) is 2. The van der Waals surface area contributed by atoms with E-state index < -0.39 is 10.0 Å². The minimum atomic E-state index is -3.59. The van der Waals surface area contributed by atoms with Crippen LogP contribution in [0, 0.1) is 0 Å². The van der Waals surface area contributed by atoms with Crippen LogP contribution in [0.2, 0.25) is 5.02 Å². The van der Waals surface area contributed by atoms with Crippen molar-refractivity contribution in [1.82, 2.24) is 10.0 Å². The molecule has 0 aromatic heterocycles. The lowest BCUT2D eigenvalue weighted by atomic mass is 9.95. The van der Waals surface area contributed by atoms with E-state index in [1.807, 2.05) is 0 Å². The van der Waals surface area contributed by atoms with Gasteiger partial charge >= 0.3 is 0 Å². The molecule has 1 aromatic carbocycles. The van der Waals surface area contributed by atoms with Crippen molar-refractivity contribution in [3.63, 3.8) is 0 Å². The Hall–Kier alpha value is -1.11. The van der Waals surface area contributed by atoms with E-state index in [1.54, 1.807) is 24.3 Å². The van der Waals surface area contributed by atoms with Gasteiger partial charge in [0.1, 0.15) is 0 Å². The Labute approximate surface area is 136 Å². The molecule has 0 saturated heterocycles. The molecule has 1 fully saturated rings. The van der Waals surface area contributed by atoms with Gasteiger partial charge < -0.3 is 5.32 Å². The van der Waals surface area contributed by atoms with Crippen molar-refractivity contribution in [3.05, 3.63) is 34.9 Å². The zero-order chi connectivity index (χ0) is 16.0. The summed E-state index contributed by atoms with van der Waals surface area (Å²) in [6.45, 7) is -0.233. The summed E-state index contributed by atoms with van der Waals surface area (Å²) in [6.07, 6.45) is 5.37. The van der Waals surface area contributed by atoms with Crippen LogP contribution in [0.3, 0.4) is 0 Å². The molecule has 2 N–H and O–H groups in total. The number of carbonyl (C=O) groups excluding carboxylic acids is 1. The second kappa shape index (κ2) is 7.94. The number of hydrogen-bond acceptors (Lipinski definition) is 3. The number of rotatable bonds is 6. The lowest BCUT2D eigenvalue weighted by Gasteiger charge is -2.22. The summed E-state index contributed by atoms with van der Waals surface area (Å²) >= 11 is 5.95. The first-order chi connectivity index (χ1) is 10.5. The van der Waals surface area contributed by atoms with Gasteiger partial charge in [-0.3, -0.25) is 4.79 Å². The Morgan fingerprint density at radius 1 is 1.18 bits per heavy atom. The highest BCUT2D eigenvalue weighted by molar-refractivity contribution is 7.88. The molecule has 1 aliphatic carbocycles. The van der Waals surface area contributed by atoms with E-state index >= 15 is 0 Å². The van der Waals surface area contributed by atoms with Crippen molar-refractivity contribution in [2.45, 2.75) is 43.9 Å². The maximum atomic E-state index is 12.0. The Balaban J connectivity index is 1.81. The zero-order valence-electron chi connectivity index (χ0n) is 12.3. The van der Waals surface area contributed by atoms with E-state index in [0.717, 1.165) is 25.7 Å². The van der Waals surface area contributed by atoms with E-state index in [-0.39, 0.29) is 24.2 Å². The monoisotopic (exact) mass is 344 g/mol. The molecule has 1 saturated carbocycles. The van der Waals surface area contributed by atoms with Crippen LogP contribution in [0.1, 0.15) is 37.7 Å². The summed E-state index contributed by atoms with van der Waals surface area (Å²) < 4.78 is 26.3. The van der Waals surface area contributed by atoms with Crippen molar-refractivity contribution >= 4 is 27.5 Å². The summed E-state index contributed by atoms with van der Waals surface area (Å²) in [5, 5.41) is 3.28. The van der Waals surface area contributed by atoms with Gasteiger partial charge in [0.15, 0.2) is 0 Å². The number of carbonyl (C=O) groups is 1. The van der Waals surface area contributed by atoms with Crippen LogP contribution in [-0.2, 0) is 20.6 Å². The lowest BCUT2D eigenvalue weighted by Crippen LogP contribution is -2.42. The number of nitrogens with one attached hydrogen (secondary N) is 2. The van der Waals surface area contributed by atoms with Crippen LogP contribution >= 0.6 is 11.6 Å². The van der Waals surface area contributed by atoms with Gasteiger partial charge in [0.05, 0.1) is 12.3 Å². The second-order valence-electron chi connectivity index (χ2n) is 5.57. The van der Waals surface area contributed by atoms with Gasteiger partial charge in [-0.05, 0) is 24.5 Å². The first-order valence-electron chi connectivity index (χ1n) is 7.46. The van der Waals surface area contributed by atoms with Gasteiger partial charge in [0.2, 0.25) is 15.9 Å². The van der Waals surface area contributed by atoms with E-state index in [1.165, 1.54) is 6.42 Å². The quantitative estimate of drug-likeness (QED) is 0.830. The average molecular weight is 345 g/mol. The van der Waals surface area contributed by atoms with Crippen LogP contribution in [0.15, 0.2) is 24.3 Å². The van der Waals surface area contributed by atoms with Crippen molar-refractivity contribution in [2.75, 3.05) is 6.54 Å². The van der Waals surface area contributed by atoms with Gasteiger partial charge in [0.25, 0.3) is 0 Å². The summed E-state index contributed by atoms with van der Waals surface area (Å²) in [5.41, 5.74) is 0.518. The smallest absolute Gasteiger partial charge is 0.235 e. The van der Waals surface area contributed by atoms with Gasteiger partial charge in [-0.25, -0.2) is 13.1 Å². The Kier molecular flexibility index (Phi) is 6.23. The molecule has 0 unspecified atom stereocenters. The molecule has 1 amide bonds. The molecule has 0 spiro atoms. The molecule has 0 aliphatic heterocycles. The van der Waals surface area contributed by atoms with Crippen LogP contribution in [0.4, 0.5) is 0 Å². The molecule has 1 aliphatic rings. The van der Waals surface area contributed by atoms with E-state index in [0.29, 0.717) is 10.6 Å². The molecule has 122 valence electrons. The highest BCUT2D eigenvalue weighted by atomic mass is 35.5. The topological polar surface area (TPSA) is 75.3 Å². The van der Waals surface area contributed by atoms with Crippen molar-refractivity contribution < 1.29 is 13.2 Å². The third-order valence-electron chi connectivity index (χ3n) is 3.73. The molecule has 7 heteroatoms. The summed E-state index contributed by atoms with van der Waals surface area (Å²) in [6, 6.07) is 6.94. The van der Waals surface area contributed by atoms with E-state index in [2.05, 4.69) is 10.0 Å². The van der Waals surface area contributed by atoms with Crippen molar-refractivity contribution in [3.8, 4) is 0 Å². The summed E-state index contributed by atoms with van der Waals surface area (Å²) in [4.78, 5) is 11.8. The van der Waals surface area contributed by atoms with Crippen LogP contribution in [0.5, 0.6) is 0 Å². The van der Waals surface area contributed by atoms with E-state index in [4.69, 9.17) is 11.6 Å². The SMILES string of the molecule is O=C(CNS(=O)(=O)Cc1ccccc1Cl)NC1CCCCC1. The number of amides is 1. The molecular weight excluding hydrogens is 324 g/mol.